The van der Waals surface area contributed by atoms with Crippen LogP contribution in [0.4, 0.5) is 0 Å². The second kappa shape index (κ2) is 4.58. The zero-order valence-corrected chi connectivity index (χ0v) is 10.7. The fourth-order valence-corrected chi connectivity index (χ4v) is 2.83. The van der Waals surface area contributed by atoms with Crippen LogP contribution >= 0.6 is 0 Å². The number of nitrogens with one attached hydrogen (secondary N) is 1. The Morgan fingerprint density at radius 2 is 2.19 bits per heavy atom. The molecule has 1 aliphatic rings. The van der Waals surface area contributed by atoms with E-state index < -0.39 is 0 Å². The summed E-state index contributed by atoms with van der Waals surface area (Å²) in [7, 11) is 1.99. The molecule has 1 unspecified atom stereocenters. The van der Waals surface area contributed by atoms with Crippen molar-refractivity contribution in [1.82, 2.24) is 15.1 Å². The van der Waals surface area contributed by atoms with Crippen LogP contribution in [0.5, 0.6) is 0 Å². The normalized spacial score (nSPS) is 27.0. The molecule has 2 heterocycles. The fraction of sp³-hybridized carbons (Fsp3) is 0.769. The first-order valence-electron chi connectivity index (χ1n) is 6.39. The summed E-state index contributed by atoms with van der Waals surface area (Å²) in [6, 6.07) is 0. The van der Waals surface area contributed by atoms with E-state index in [1.165, 1.54) is 31.2 Å². The molecule has 3 nitrogen and oxygen atoms in total. The standard InChI is InChI=1S/C13H23N3/c1-11(2)13(7-5-4-6-8-14-13)12-9-15-16(3)10-12/h9-11,14H,4-8H2,1-3H3. The first-order chi connectivity index (χ1) is 7.65. The third-order valence-corrected chi connectivity index (χ3v) is 3.89. The maximum atomic E-state index is 4.33. The molecule has 1 aromatic rings. The monoisotopic (exact) mass is 221 g/mol. The zero-order valence-electron chi connectivity index (χ0n) is 10.7. The van der Waals surface area contributed by atoms with Crippen LogP contribution in [0.2, 0.25) is 0 Å². The fourth-order valence-electron chi connectivity index (χ4n) is 2.83. The molecule has 1 aromatic heterocycles. The number of hydrogen-bond acceptors (Lipinski definition) is 2. The van der Waals surface area contributed by atoms with Crippen molar-refractivity contribution < 1.29 is 0 Å². The van der Waals surface area contributed by atoms with Crippen LogP contribution < -0.4 is 5.32 Å². The molecule has 0 aromatic carbocycles. The van der Waals surface area contributed by atoms with Gasteiger partial charge in [0.2, 0.25) is 0 Å². The minimum absolute atomic E-state index is 0.144. The van der Waals surface area contributed by atoms with Crippen LogP contribution in [-0.2, 0) is 12.6 Å². The molecule has 0 saturated carbocycles. The van der Waals surface area contributed by atoms with Gasteiger partial charge < -0.3 is 5.32 Å². The Hall–Kier alpha value is -0.830. The minimum Gasteiger partial charge on any atom is -0.307 e. The third kappa shape index (κ3) is 2.01. The van der Waals surface area contributed by atoms with Crippen LogP contribution in [-0.4, -0.2) is 16.3 Å². The largest absolute Gasteiger partial charge is 0.307 e. The van der Waals surface area contributed by atoms with Gasteiger partial charge in [-0.05, 0) is 25.3 Å². The number of rotatable bonds is 2. The van der Waals surface area contributed by atoms with Gasteiger partial charge in [0, 0.05) is 24.3 Å². The van der Waals surface area contributed by atoms with Crippen molar-refractivity contribution in [2.24, 2.45) is 13.0 Å². The summed E-state index contributed by atoms with van der Waals surface area (Å²) in [5, 5.41) is 8.10. The SMILES string of the molecule is CC(C)C1(c2cnn(C)c2)CCCCCN1. The van der Waals surface area contributed by atoms with Crippen LogP contribution in [0.15, 0.2) is 12.4 Å². The maximum Gasteiger partial charge on any atom is 0.0540 e. The molecule has 0 amide bonds. The van der Waals surface area contributed by atoms with Crippen LogP contribution in [0.3, 0.4) is 0 Å². The van der Waals surface area contributed by atoms with Gasteiger partial charge in [-0.15, -0.1) is 0 Å². The summed E-state index contributed by atoms with van der Waals surface area (Å²) in [5.74, 6) is 0.606. The molecule has 3 heteroatoms. The van der Waals surface area contributed by atoms with E-state index in [4.69, 9.17) is 0 Å². The van der Waals surface area contributed by atoms with Gasteiger partial charge in [0.15, 0.2) is 0 Å². The molecule has 1 saturated heterocycles. The Labute approximate surface area is 98.2 Å². The van der Waals surface area contributed by atoms with Crippen LogP contribution in [0.25, 0.3) is 0 Å². The Balaban J connectivity index is 2.33. The summed E-state index contributed by atoms with van der Waals surface area (Å²) < 4.78 is 1.91. The van der Waals surface area contributed by atoms with Crippen molar-refractivity contribution in [3.05, 3.63) is 18.0 Å². The predicted octanol–water partition coefficient (Wildman–Crippen LogP) is 2.43. The van der Waals surface area contributed by atoms with Gasteiger partial charge in [-0.2, -0.15) is 5.10 Å². The summed E-state index contributed by atoms with van der Waals surface area (Å²) in [6.45, 7) is 5.75. The second-order valence-electron chi connectivity index (χ2n) is 5.27. The zero-order chi connectivity index (χ0) is 11.6. The molecule has 1 atom stereocenters. The summed E-state index contributed by atoms with van der Waals surface area (Å²) in [6.07, 6.45) is 9.39. The predicted molar refractivity (Wildman–Crippen MR) is 66.2 cm³/mol. The highest BCUT2D eigenvalue weighted by atomic mass is 15.2. The Morgan fingerprint density at radius 3 is 2.81 bits per heavy atom. The van der Waals surface area contributed by atoms with E-state index in [9.17, 15) is 0 Å². The first-order valence-corrected chi connectivity index (χ1v) is 6.39. The molecular formula is C13H23N3. The van der Waals surface area contributed by atoms with Gasteiger partial charge in [-0.1, -0.05) is 26.7 Å². The van der Waals surface area contributed by atoms with E-state index in [0.29, 0.717) is 5.92 Å². The van der Waals surface area contributed by atoms with Gasteiger partial charge in [0.25, 0.3) is 0 Å². The Kier molecular flexibility index (Phi) is 3.33. The highest BCUT2D eigenvalue weighted by molar-refractivity contribution is 5.20. The number of aromatic nitrogens is 2. The van der Waals surface area contributed by atoms with Crippen molar-refractivity contribution in [2.75, 3.05) is 6.54 Å². The summed E-state index contributed by atoms with van der Waals surface area (Å²) in [4.78, 5) is 0. The molecule has 16 heavy (non-hydrogen) atoms. The van der Waals surface area contributed by atoms with Gasteiger partial charge in [-0.3, -0.25) is 4.68 Å². The smallest absolute Gasteiger partial charge is 0.0540 e. The molecular weight excluding hydrogens is 198 g/mol. The topological polar surface area (TPSA) is 29.9 Å². The molecule has 1 fully saturated rings. The minimum atomic E-state index is 0.144. The molecule has 2 rings (SSSR count). The molecule has 0 spiro atoms. The van der Waals surface area contributed by atoms with Crippen molar-refractivity contribution in [3.63, 3.8) is 0 Å². The van der Waals surface area contributed by atoms with E-state index in [1.807, 2.05) is 17.9 Å². The highest BCUT2D eigenvalue weighted by Crippen LogP contribution is 2.36. The molecule has 1 N–H and O–H groups in total. The van der Waals surface area contributed by atoms with E-state index >= 15 is 0 Å². The lowest BCUT2D eigenvalue weighted by molar-refractivity contribution is 0.230. The van der Waals surface area contributed by atoms with Gasteiger partial charge >= 0.3 is 0 Å². The van der Waals surface area contributed by atoms with Crippen LogP contribution in [0, 0.1) is 5.92 Å². The number of nitrogens with zero attached hydrogens (tertiary/aromatic N) is 2. The number of aryl methyl sites for hydroxylation is 1. The lowest BCUT2D eigenvalue weighted by atomic mass is 9.78. The molecule has 90 valence electrons. The van der Waals surface area contributed by atoms with Crippen molar-refractivity contribution in [1.29, 1.82) is 0 Å². The molecule has 0 bridgehead atoms. The van der Waals surface area contributed by atoms with Gasteiger partial charge in [0.1, 0.15) is 0 Å². The van der Waals surface area contributed by atoms with E-state index in [1.54, 1.807) is 0 Å². The average Bonchev–Trinajstić information content (AvgIpc) is 2.55. The van der Waals surface area contributed by atoms with E-state index in [0.717, 1.165) is 6.54 Å². The lowest BCUT2D eigenvalue weighted by Gasteiger charge is -2.37. The quantitative estimate of drug-likeness (QED) is 0.831. The van der Waals surface area contributed by atoms with E-state index in [-0.39, 0.29) is 5.54 Å². The maximum absolute atomic E-state index is 4.33. The van der Waals surface area contributed by atoms with Crippen molar-refractivity contribution >= 4 is 0 Å². The third-order valence-electron chi connectivity index (χ3n) is 3.89. The van der Waals surface area contributed by atoms with Crippen molar-refractivity contribution in [2.45, 2.75) is 45.1 Å². The molecule has 0 aliphatic carbocycles. The van der Waals surface area contributed by atoms with Crippen molar-refractivity contribution in [3.8, 4) is 0 Å². The van der Waals surface area contributed by atoms with Gasteiger partial charge in [-0.25, -0.2) is 0 Å². The Bertz CT molecular complexity index is 333. The molecule has 1 aliphatic heterocycles. The average molecular weight is 221 g/mol. The van der Waals surface area contributed by atoms with E-state index in [2.05, 4.69) is 30.5 Å². The lowest BCUT2D eigenvalue weighted by Crippen LogP contribution is -2.46. The number of hydrogen-bond donors (Lipinski definition) is 1. The highest BCUT2D eigenvalue weighted by Gasteiger charge is 2.36. The first kappa shape index (κ1) is 11.6. The van der Waals surface area contributed by atoms with Crippen LogP contribution in [0.1, 0.15) is 45.1 Å². The summed E-state index contributed by atoms with van der Waals surface area (Å²) >= 11 is 0. The van der Waals surface area contributed by atoms with Gasteiger partial charge in [0.05, 0.1) is 6.20 Å². The molecule has 0 radical (unpaired) electrons. The second-order valence-corrected chi connectivity index (χ2v) is 5.27. The summed E-state index contributed by atoms with van der Waals surface area (Å²) in [5.41, 5.74) is 1.50. The Morgan fingerprint density at radius 1 is 1.38 bits per heavy atom.